The van der Waals surface area contributed by atoms with Crippen LogP contribution in [0.3, 0.4) is 0 Å². The van der Waals surface area contributed by atoms with Crippen LogP contribution in [0.15, 0.2) is 4.52 Å². The lowest BCUT2D eigenvalue weighted by atomic mass is 10.2. The number of nitrogens with zero attached hydrogens (tertiary/aromatic N) is 2. The van der Waals surface area contributed by atoms with E-state index in [1.807, 2.05) is 6.92 Å². The molecule has 0 saturated heterocycles. The molecular weight excluding hydrogens is 144 g/mol. The summed E-state index contributed by atoms with van der Waals surface area (Å²) < 4.78 is 4.77. The summed E-state index contributed by atoms with van der Waals surface area (Å²) in [6.07, 6.45) is 1.53. The fourth-order valence-electron chi connectivity index (χ4n) is 0.721. The molecule has 0 aliphatic rings. The van der Waals surface area contributed by atoms with E-state index in [9.17, 15) is 0 Å². The van der Waals surface area contributed by atoms with Crippen LogP contribution in [-0.4, -0.2) is 16.2 Å². The highest BCUT2D eigenvalue weighted by molar-refractivity contribution is 5.10. The third-order valence-electron chi connectivity index (χ3n) is 1.30. The summed E-state index contributed by atoms with van der Waals surface area (Å²) in [6.45, 7) is 1.93. The van der Waals surface area contributed by atoms with Gasteiger partial charge in [0, 0.05) is 12.5 Å². The molecule has 5 nitrogen and oxygen atoms in total. The van der Waals surface area contributed by atoms with Gasteiger partial charge in [0.15, 0.2) is 0 Å². The second-order valence-corrected chi connectivity index (χ2v) is 2.56. The van der Waals surface area contributed by atoms with Gasteiger partial charge in [0.1, 0.15) is 0 Å². The smallest absolute Gasteiger partial charge is 0.260 e. The summed E-state index contributed by atoms with van der Waals surface area (Å²) in [5.74, 6) is 0.740. The minimum Gasteiger partial charge on any atom is -0.365 e. The number of nitrogen functional groups attached to an aromatic ring is 1. The number of hydrogen-bond acceptors (Lipinski definition) is 5. The molecule has 0 radical (unpaired) electrons. The average Bonchev–Trinajstić information content (AvgIpc) is 2.31. The zero-order valence-electron chi connectivity index (χ0n) is 6.45. The Morgan fingerprint density at radius 3 is 2.82 bits per heavy atom. The van der Waals surface area contributed by atoms with Crippen LogP contribution >= 0.6 is 0 Å². The van der Waals surface area contributed by atoms with Crippen LogP contribution in [0.25, 0.3) is 0 Å². The predicted molar refractivity (Wildman–Crippen MR) is 40.7 cm³/mol. The van der Waals surface area contributed by atoms with Gasteiger partial charge in [-0.15, -0.1) is 0 Å². The van der Waals surface area contributed by atoms with Crippen LogP contribution in [0, 0.1) is 0 Å². The molecule has 0 aliphatic carbocycles. The Kier molecular flexibility index (Phi) is 2.43. The number of hydrogen-bond donors (Lipinski definition) is 2. The van der Waals surface area contributed by atoms with Crippen LogP contribution in [0.5, 0.6) is 0 Å². The van der Waals surface area contributed by atoms with Gasteiger partial charge in [-0.2, -0.15) is 4.98 Å². The molecule has 1 atom stereocenters. The van der Waals surface area contributed by atoms with Crippen molar-refractivity contribution in [1.29, 1.82) is 0 Å². The van der Waals surface area contributed by atoms with E-state index in [1.165, 1.54) is 0 Å². The Hall–Kier alpha value is -1.10. The maximum absolute atomic E-state index is 5.53. The van der Waals surface area contributed by atoms with E-state index in [2.05, 4.69) is 10.1 Å². The molecule has 62 valence electrons. The van der Waals surface area contributed by atoms with E-state index in [0.717, 1.165) is 6.42 Å². The maximum atomic E-state index is 5.53. The van der Waals surface area contributed by atoms with Crippen molar-refractivity contribution in [3.05, 3.63) is 5.89 Å². The Morgan fingerprint density at radius 1 is 1.64 bits per heavy atom. The highest BCUT2D eigenvalue weighted by atomic mass is 16.5. The lowest BCUT2D eigenvalue weighted by molar-refractivity contribution is 0.373. The summed E-state index contributed by atoms with van der Waals surface area (Å²) in [6, 6.07) is 0.156. The lowest BCUT2D eigenvalue weighted by Crippen LogP contribution is -2.15. The number of nitrogens with two attached hydrogens (primary N) is 2. The topological polar surface area (TPSA) is 91.0 Å². The second kappa shape index (κ2) is 3.34. The first kappa shape index (κ1) is 8.00. The van der Waals surface area contributed by atoms with Gasteiger partial charge in [-0.25, -0.2) is 0 Å². The first-order valence-electron chi connectivity index (χ1n) is 3.52. The Balaban J connectivity index is 2.39. The van der Waals surface area contributed by atoms with Gasteiger partial charge in [0.05, 0.1) is 0 Å². The van der Waals surface area contributed by atoms with Crippen LogP contribution in [0.1, 0.15) is 19.2 Å². The number of aromatic nitrogens is 2. The molecule has 1 heterocycles. The molecule has 0 saturated carbocycles. The molecule has 4 N–H and O–H groups in total. The molecule has 0 bridgehead atoms. The van der Waals surface area contributed by atoms with Gasteiger partial charge in [-0.3, -0.25) is 0 Å². The van der Waals surface area contributed by atoms with Crippen molar-refractivity contribution in [3.8, 4) is 0 Å². The van der Waals surface area contributed by atoms with Gasteiger partial charge in [-0.1, -0.05) is 0 Å². The summed E-state index contributed by atoms with van der Waals surface area (Å²) in [7, 11) is 0. The molecule has 1 aromatic rings. The zero-order valence-corrected chi connectivity index (χ0v) is 6.45. The van der Waals surface area contributed by atoms with Crippen molar-refractivity contribution in [2.24, 2.45) is 5.73 Å². The van der Waals surface area contributed by atoms with Crippen molar-refractivity contribution in [2.45, 2.75) is 25.8 Å². The van der Waals surface area contributed by atoms with E-state index in [-0.39, 0.29) is 12.0 Å². The fraction of sp³-hybridized carbons (Fsp3) is 0.667. The molecule has 1 unspecified atom stereocenters. The number of aryl methyl sites for hydroxylation is 1. The van der Waals surface area contributed by atoms with E-state index >= 15 is 0 Å². The molecule has 1 rings (SSSR count). The predicted octanol–water partition coefficient (Wildman–Crippen LogP) is -0.0684. The molecule has 0 amide bonds. The van der Waals surface area contributed by atoms with E-state index in [0.29, 0.717) is 12.3 Å². The van der Waals surface area contributed by atoms with Crippen LogP contribution in [0.4, 0.5) is 5.95 Å². The normalized spacial score (nSPS) is 13.3. The molecule has 0 aromatic carbocycles. The van der Waals surface area contributed by atoms with Crippen LogP contribution in [-0.2, 0) is 6.42 Å². The molecule has 0 fully saturated rings. The molecule has 0 aliphatic heterocycles. The van der Waals surface area contributed by atoms with Gasteiger partial charge in [0.2, 0.25) is 5.89 Å². The monoisotopic (exact) mass is 156 g/mol. The van der Waals surface area contributed by atoms with Crippen molar-refractivity contribution in [2.75, 3.05) is 5.73 Å². The van der Waals surface area contributed by atoms with E-state index < -0.39 is 0 Å². The minimum atomic E-state index is 0.156. The molecule has 5 heteroatoms. The van der Waals surface area contributed by atoms with Crippen molar-refractivity contribution in [3.63, 3.8) is 0 Å². The molecule has 1 aromatic heterocycles. The van der Waals surface area contributed by atoms with Crippen LogP contribution < -0.4 is 11.5 Å². The van der Waals surface area contributed by atoms with Crippen molar-refractivity contribution >= 4 is 5.95 Å². The Labute approximate surface area is 64.8 Å². The first-order valence-corrected chi connectivity index (χ1v) is 3.52. The highest BCUT2D eigenvalue weighted by Crippen LogP contribution is 2.02. The number of rotatable bonds is 3. The van der Waals surface area contributed by atoms with E-state index in [4.69, 9.17) is 16.0 Å². The Bertz CT molecular complexity index is 220. The largest absolute Gasteiger partial charge is 0.365 e. The van der Waals surface area contributed by atoms with Gasteiger partial charge in [0.25, 0.3) is 5.95 Å². The second-order valence-electron chi connectivity index (χ2n) is 2.56. The number of anilines is 1. The third-order valence-corrected chi connectivity index (χ3v) is 1.30. The van der Waals surface area contributed by atoms with Crippen molar-refractivity contribution < 1.29 is 4.52 Å². The maximum Gasteiger partial charge on any atom is 0.260 e. The quantitative estimate of drug-likeness (QED) is 0.639. The van der Waals surface area contributed by atoms with E-state index in [1.54, 1.807) is 0 Å². The van der Waals surface area contributed by atoms with Gasteiger partial charge in [-0.05, 0) is 18.5 Å². The summed E-state index contributed by atoms with van der Waals surface area (Å²) >= 11 is 0. The first-order chi connectivity index (χ1) is 5.18. The molecule has 11 heavy (non-hydrogen) atoms. The van der Waals surface area contributed by atoms with Crippen molar-refractivity contribution in [1.82, 2.24) is 10.1 Å². The minimum absolute atomic E-state index is 0.156. The summed E-state index contributed by atoms with van der Waals surface area (Å²) in [5.41, 5.74) is 10.8. The molecule has 0 spiro atoms. The summed E-state index contributed by atoms with van der Waals surface area (Å²) in [5, 5.41) is 3.45. The fourth-order valence-corrected chi connectivity index (χ4v) is 0.721. The highest BCUT2D eigenvalue weighted by Gasteiger charge is 2.03. The zero-order chi connectivity index (χ0) is 8.27. The average molecular weight is 156 g/mol. The standard InChI is InChI=1S/C6H12N4O/c1-4(7)2-3-5-9-6(8)10-11-5/h4H,2-3,7H2,1H3,(H2,8,10). The third kappa shape index (κ3) is 2.55. The lowest BCUT2D eigenvalue weighted by Gasteiger charge is -1.98. The van der Waals surface area contributed by atoms with Gasteiger partial charge >= 0.3 is 0 Å². The van der Waals surface area contributed by atoms with Crippen LogP contribution in [0.2, 0.25) is 0 Å². The Morgan fingerprint density at radius 2 is 2.36 bits per heavy atom. The molecular formula is C6H12N4O. The summed E-state index contributed by atoms with van der Waals surface area (Å²) in [4.78, 5) is 3.83. The SMILES string of the molecule is CC(N)CCc1nc(N)no1. The van der Waals surface area contributed by atoms with Gasteiger partial charge < -0.3 is 16.0 Å².